The van der Waals surface area contributed by atoms with E-state index in [1.54, 1.807) is 0 Å². The van der Waals surface area contributed by atoms with E-state index in [9.17, 15) is 43.2 Å². The first kappa shape index (κ1) is 88.1. The third kappa shape index (κ3) is 64.8. The molecule has 17 nitrogen and oxygen atoms in total. The standard InChI is InChI=1S/C71H138O17P2/c1-6-9-12-15-18-21-24-27-28-29-31-34-37-40-47-52-57-71(76)87-66(60-81-68(73)54-49-44-38-35-33-30-25-22-19-16-13-10-7-2)62-85-89(77,78)83-58-65(72)59-84-90(79,80)86-63-67(61-82-69(74)55-50-45-42-41-43-48-53-64(4)5)88-70(75)56-51-46-39-36-32-26-23-20-17-14-11-8-3/h64-67,72H,6-63H2,1-5H3,(H,77,78)(H,79,80)/t65-,66-,67-/m1/s1. The van der Waals surface area contributed by atoms with Crippen molar-refractivity contribution in [1.29, 1.82) is 0 Å². The Kier molecular flexibility index (Phi) is 63.0. The van der Waals surface area contributed by atoms with E-state index in [0.717, 1.165) is 96.3 Å². The lowest BCUT2D eigenvalue weighted by Gasteiger charge is -2.21. The monoisotopic (exact) mass is 1320 g/mol. The van der Waals surface area contributed by atoms with E-state index in [0.29, 0.717) is 31.6 Å². The van der Waals surface area contributed by atoms with E-state index < -0.39 is 97.5 Å². The zero-order valence-corrected chi connectivity index (χ0v) is 60.1. The first-order valence-electron chi connectivity index (χ1n) is 37.1. The van der Waals surface area contributed by atoms with Gasteiger partial charge >= 0.3 is 39.5 Å². The van der Waals surface area contributed by atoms with Crippen LogP contribution in [0.25, 0.3) is 0 Å². The highest BCUT2D eigenvalue weighted by Crippen LogP contribution is 2.45. The van der Waals surface area contributed by atoms with Gasteiger partial charge in [-0.1, -0.05) is 317 Å². The quantitative estimate of drug-likeness (QED) is 0.0222. The van der Waals surface area contributed by atoms with E-state index in [1.165, 1.54) is 186 Å². The number of hydrogen-bond acceptors (Lipinski definition) is 15. The molecule has 0 saturated carbocycles. The molecule has 0 radical (unpaired) electrons. The maximum Gasteiger partial charge on any atom is 0.472 e. The maximum absolute atomic E-state index is 13.0. The Bertz CT molecular complexity index is 1740. The van der Waals surface area contributed by atoms with Crippen molar-refractivity contribution in [3.63, 3.8) is 0 Å². The molecule has 2 unspecified atom stereocenters. The van der Waals surface area contributed by atoms with Gasteiger partial charge in [0, 0.05) is 25.7 Å². The molecule has 0 rings (SSSR count). The van der Waals surface area contributed by atoms with Crippen molar-refractivity contribution in [2.45, 2.75) is 387 Å². The van der Waals surface area contributed by atoms with E-state index in [-0.39, 0.29) is 25.7 Å². The van der Waals surface area contributed by atoms with Crippen molar-refractivity contribution < 1.29 is 80.2 Å². The molecule has 3 N–H and O–H groups in total. The molecule has 0 heterocycles. The highest BCUT2D eigenvalue weighted by Gasteiger charge is 2.30. The van der Waals surface area contributed by atoms with Crippen molar-refractivity contribution in [2.75, 3.05) is 39.6 Å². The summed E-state index contributed by atoms with van der Waals surface area (Å²) in [5.41, 5.74) is 0. The van der Waals surface area contributed by atoms with E-state index in [2.05, 4.69) is 34.6 Å². The van der Waals surface area contributed by atoms with Crippen LogP contribution in [0.4, 0.5) is 0 Å². The minimum absolute atomic E-state index is 0.107. The van der Waals surface area contributed by atoms with Crippen LogP contribution in [0.3, 0.4) is 0 Å². The molecule has 0 amide bonds. The summed E-state index contributed by atoms with van der Waals surface area (Å²) in [5, 5.41) is 10.6. The normalized spacial score (nSPS) is 14.1. The van der Waals surface area contributed by atoms with Crippen molar-refractivity contribution in [3.05, 3.63) is 0 Å². The summed E-state index contributed by atoms with van der Waals surface area (Å²) in [5.74, 6) is -1.44. The van der Waals surface area contributed by atoms with Crippen LogP contribution in [-0.4, -0.2) is 96.7 Å². The molecule has 0 saturated heterocycles. The number of phosphoric ester groups is 2. The van der Waals surface area contributed by atoms with Crippen LogP contribution in [0.1, 0.15) is 369 Å². The van der Waals surface area contributed by atoms with E-state index >= 15 is 0 Å². The molecule has 0 aromatic rings. The van der Waals surface area contributed by atoms with Gasteiger partial charge in [0.1, 0.15) is 19.3 Å². The number of phosphoric acid groups is 2. The number of carbonyl (C=O) groups excluding carboxylic acids is 4. The predicted molar refractivity (Wildman–Crippen MR) is 363 cm³/mol. The minimum Gasteiger partial charge on any atom is -0.462 e. The Balaban J connectivity index is 5.23. The van der Waals surface area contributed by atoms with Crippen LogP contribution < -0.4 is 0 Å². The van der Waals surface area contributed by atoms with Crippen molar-refractivity contribution in [2.24, 2.45) is 5.92 Å². The highest BCUT2D eigenvalue weighted by atomic mass is 31.2. The molecular weight excluding hydrogens is 1190 g/mol. The average Bonchev–Trinajstić information content (AvgIpc) is 3.66. The summed E-state index contributed by atoms with van der Waals surface area (Å²) in [6, 6.07) is 0. The Morgan fingerprint density at radius 1 is 0.300 bits per heavy atom. The lowest BCUT2D eigenvalue weighted by molar-refractivity contribution is -0.161. The van der Waals surface area contributed by atoms with Gasteiger partial charge in [0.2, 0.25) is 0 Å². The molecule has 5 atom stereocenters. The number of aliphatic hydroxyl groups is 1. The molecule has 0 aromatic heterocycles. The lowest BCUT2D eigenvalue weighted by atomic mass is 10.0. The van der Waals surface area contributed by atoms with Crippen molar-refractivity contribution in [3.8, 4) is 0 Å². The minimum atomic E-state index is -4.95. The van der Waals surface area contributed by atoms with Gasteiger partial charge in [-0.05, 0) is 31.6 Å². The summed E-state index contributed by atoms with van der Waals surface area (Å²) in [7, 11) is -9.90. The van der Waals surface area contributed by atoms with E-state index in [4.69, 9.17) is 37.0 Å². The number of carbonyl (C=O) groups is 4. The SMILES string of the molecule is CCCCCCCCCCCCCCCCCCC(=O)O[C@H](COC(=O)CCCCCCCCCCCCCCC)COP(=O)(O)OC[C@@H](O)COP(=O)(O)OC[C@@H](COC(=O)CCCCCCCCC(C)C)OC(=O)CCCCCCCCCCCCCC. The molecule has 0 aliphatic rings. The predicted octanol–water partition coefficient (Wildman–Crippen LogP) is 20.5. The van der Waals surface area contributed by atoms with Crippen LogP contribution in [0.5, 0.6) is 0 Å². The number of ether oxygens (including phenoxy) is 4. The Labute approximate surface area is 549 Å². The fourth-order valence-electron chi connectivity index (χ4n) is 10.8. The molecule has 19 heteroatoms. The molecule has 0 spiro atoms. The van der Waals surface area contributed by atoms with Crippen LogP contribution in [-0.2, 0) is 65.4 Å². The topological polar surface area (TPSA) is 237 Å². The maximum atomic E-state index is 13.0. The Morgan fingerprint density at radius 3 is 0.756 bits per heavy atom. The zero-order chi connectivity index (χ0) is 66.3. The molecule has 90 heavy (non-hydrogen) atoms. The second-order valence-corrected chi connectivity index (χ2v) is 29.0. The summed E-state index contributed by atoms with van der Waals surface area (Å²) in [6.07, 6.45) is 51.3. The van der Waals surface area contributed by atoms with Crippen molar-refractivity contribution in [1.82, 2.24) is 0 Å². The number of unbranched alkanes of at least 4 members (excludes halogenated alkanes) is 43. The Hall–Kier alpha value is -1.94. The van der Waals surface area contributed by atoms with E-state index in [1.807, 2.05) is 0 Å². The highest BCUT2D eigenvalue weighted by molar-refractivity contribution is 7.47. The fourth-order valence-corrected chi connectivity index (χ4v) is 12.4. The average molecular weight is 1330 g/mol. The Morgan fingerprint density at radius 2 is 0.511 bits per heavy atom. The second-order valence-electron chi connectivity index (χ2n) is 26.1. The van der Waals surface area contributed by atoms with Gasteiger partial charge in [-0.2, -0.15) is 0 Å². The number of aliphatic hydroxyl groups excluding tert-OH is 1. The number of esters is 4. The molecule has 0 bridgehead atoms. The van der Waals surface area contributed by atoms with Gasteiger partial charge in [0.15, 0.2) is 12.2 Å². The van der Waals surface area contributed by atoms with Crippen LogP contribution in [0, 0.1) is 5.92 Å². The zero-order valence-electron chi connectivity index (χ0n) is 58.3. The fraction of sp³-hybridized carbons (Fsp3) is 0.944. The van der Waals surface area contributed by atoms with Gasteiger partial charge in [0.25, 0.3) is 0 Å². The second kappa shape index (κ2) is 64.4. The summed E-state index contributed by atoms with van der Waals surface area (Å²) >= 11 is 0. The number of hydrogen-bond donors (Lipinski definition) is 3. The molecular formula is C71H138O17P2. The summed E-state index contributed by atoms with van der Waals surface area (Å²) in [6.45, 7) is 7.18. The van der Waals surface area contributed by atoms with Gasteiger partial charge in [-0.15, -0.1) is 0 Å². The summed E-state index contributed by atoms with van der Waals surface area (Å²) in [4.78, 5) is 72.5. The lowest BCUT2D eigenvalue weighted by Crippen LogP contribution is -2.30. The first-order chi connectivity index (χ1) is 43.5. The smallest absolute Gasteiger partial charge is 0.462 e. The summed E-state index contributed by atoms with van der Waals surface area (Å²) < 4.78 is 68.3. The van der Waals surface area contributed by atoms with Crippen LogP contribution >= 0.6 is 15.6 Å². The third-order valence-corrected chi connectivity index (χ3v) is 18.4. The molecule has 0 aliphatic heterocycles. The van der Waals surface area contributed by atoms with Gasteiger partial charge < -0.3 is 33.8 Å². The van der Waals surface area contributed by atoms with Gasteiger partial charge in [-0.3, -0.25) is 37.3 Å². The number of rotatable bonds is 71. The van der Waals surface area contributed by atoms with Crippen LogP contribution in [0.15, 0.2) is 0 Å². The van der Waals surface area contributed by atoms with Gasteiger partial charge in [-0.25, -0.2) is 9.13 Å². The third-order valence-electron chi connectivity index (χ3n) is 16.5. The largest absolute Gasteiger partial charge is 0.472 e. The molecule has 0 fully saturated rings. The molecule has 534 valence electrons. The first-order valence-corrected chi connectivity index (χ1v) is 40.1. The van der Waals surface area contributed by atoms with Crippen LogP contribution in [0.2, 0.25) is 0 Å². The molecule has 0 aliphatic carbocycles. The van der Waals surface area contributed by atoms with Gasteiger partial charge in [0.05, 0.1) is 26.4 Å². The van der Waals surface area contributed by atoms with Crippen molar-refractivity contribution >= 4 is 39.5 Å². The molecule has 0 aromatic carbocycles.